The van der Waals surface area contributed by atoms with E-state index in [1.54, 1.807) is 4.90 Å². The van der Waals surface area contributed by atoms with Crippen LogP contribution < -0.4 is 5.32 Å². The van der Waals surface area contributed by atoms with Crippen LogP contribution in [0, 0.1) is 0 Å². The first-order valence-corrected chi connectivity index (χ1v) is 6.86. The van der Waals surface area contributed by atoms with Gasteiger partial charge < -0.3 is 10.2 Å². The van der Waals surface area contributed by atoms with Crippen LogP contribution in [0.15, 0.2) is 30.3 Å². The van der Waals surface area contributed by atoms with Crippen LogP contribution in [0.4, 0.5) is 0 Å². The van der Waals surface area contributed by atoms with Gasteiger partial charge in [-0.1, -0.05) is 37.3 Å². The quantitative estimate of drug-likeness (QED) is 0.857. The van der Waals surface area contributed by atoms with Crippen molar-refractivity contribution in [3.05, 3.63) is 35.9 Å². The molecular weight excluding hydrogens is 264 g/mol. The molecule has 5 heteroatoms. The second-order valence-electron chi connectivity index (χ2n) is 4.52. The van der Waals surface area contributed by atoms with Crippen LogP contribution >= 0.6 is 11.6 Å². The number of hydrogen-bond acceptors (Lipinski definition) is 2. The lowest BCUT2D eigenvalue weighted by molar-refractivity contribution is -0.143. The van der Waals surface area contributed by atoms with Gasteiger partial charge >= 0.3 is 0 Å². The first-order chi connectivity index (χ1) is 9.15. The zero-order chi connectivity index (χ0) is 13.8. The van der Waals surface area contributed by atoms with Gasteiger partial charge in [-0.2, -0.15) is 0 Å². The molecule has 1 saturated heterocycles. The monoisotopic (exact) mass is 280 g/mol. The fourth-order valence-corrected chi connectivity index (χ4v) is 2.57. The molecule has 0 aliphatic carbocycles. The maximum Gasteiger partial charge on any atom is 0.245 e. The molecule has 1 aromatic rings. The molecule has 2 unspecified atom stereocenters. The molecule has 19 heavy (non-hydrogen) atoms. The normalized spacial score (nSPS) is 20.8. The molecule has 1 heterocycles. The Bertz CT molecular complexity index is 464. The van der Waals surface area contributed by atoms with E-state index in [4.69, 9.17) is 11.6 Å². The van der Waals surface area contributed by atoms with E-state index in [1.807, 2.05) is 37.3 Å². The van der Waals surface area contributed by atoms with Crippen LogP contribution in [0.3, 0.4) is 0 Å². The Morgan fingerprint density at radius 2 is 2.16 bits per heavy atom. The van der Waals surface area contributed by atoms with Gasteiger partial charge in [-0.3, -0.25) is 9.59 Å². The molecular formula is C14H17ClN2O2. The van der Waals surface area contributed by atoms with Crippen molar-refractivity contribution in [1.82, 2.24) is 10.2 Å². The van der Waals surface area contributed by atoms with Crippen molar-refractivity contribution in [2.75, 3.05) is 13.1 Å². The molecule has 4 nitrogen and oxygen atoms in total. The van der Waals surface area contributed by atoms with E-state index in [9.17, 15) is 9.59 Å². The van der Waals surface area contributed by atoms with E-state index in [0.717, 1.165) is 5.56 Å². The van der Waals surface area contributed by atoms with Gasteiger partial charge in [-0.25, -0.2) is 0 Å². The highest BCUT2D eigenvalue weighted by Gasteiger charge is 2.34. The Labute approximate surface area is 117 Å². The van der Waals surface area contributed by atoms with Crippen LogP contribution in [0.5, 0.6) is 0 Å². The molecule has 1 aromatic carbocycles. The van der Waals surface area contributed by atoms with Crippen molar-refractivity contribution in [2.24, 2.45) is 0 Å². The molecule has 2 atom stereocenters. The molecule has 2 rings (SSSR count). The Morgan fingerprint density at radius 3 is 2.79 bits per heavy atom. The van der Waals surface area contributed by atoms with E-state index in [0.29, 0.717) is 19.5 Å². The predicted octanol–water partition coefficient (Wildman–Crippen LogP) is 1.70. The number of benzene rings is 1. The number of nitrogens with one attached hydrogen (secondary N) is 1. The standard InChI is InChI=1S/C14H17ClN2O2/c1-2-11-13(18)16-8-9-17(11)14(19)12(15)10-6-4-3-5-7-10/h3-7,11-12H,2,8-9H2,1H3,(H,16,18). The Balaban J connectivity index is 2.16. The van der Waals surface area contributed by atoms with E-state index >= 15 is 0 Å². The van der Waals surface area contributed by atoms with Crippen molar-refractivity contribution in [1.29, 1.82) is 0 Å². The van der Waals surface area contributed by atoms with Crippen LogP contribution in [0.25, 0.3) is 0 Å². The van der Waals surface area contributed by atoms with Crippen molar-refractivity contribution in [3.63, 3.8) is 0 Å². The summed E-state index contributed by atoms with van der Waals surface area (Å²) in [6.45, 7) is 2.89. The fraction of sp³-hybridized carbons (Fsp3) is 0.429. The Kier molecular flexibility index (Phi) is 4.43. The number of carbonyl (C=O) groups is 2. The van der Waals surface area contributed by atoms with E-state index in [2.05, 4.69) is 5.32 Å². The largest absolute Gasteiger partial charge is 0.353 e. The van der Waals surface area contributed by atoms with Crippen molar-refractivity contribution in [2.45, 2.75) is 24.8 Å². The molecule has 1 aliphatic rings. The van der Waals surface area contributed by atoms with Gasteiger partial charge in [0, 0.05) is 13.1 Å². The summed E-state index contributed by atoms with van der Waals surface area (Å²) in [5, 5.41) is 2.04. The number of amides is 2. The second-order valence-corrected chi connectivity index (χ2v) is 4.96. The number of carbonyl (C=O) groups excluding carboxylic acids is 2. The summed E-state index contributed by atoms with van der Waals surface area (Å²) in [5.74, 6) is -0.298. The smallest absolute Gasteiger partial charge is 0.245 e. The third-order valence-corrected chi connectivity index (χ3v) is 3.75. The van der Waals surface area contributed by atoms with E-state index in [-0.39, 0.29) is 11.8 Å². The zero-order valence-electron chi connectivity index (χ0n) is 10.8. The summed E-state index contributed by atoms with van der Waals surface area (Å²) >= 11 is 6.24. The first-order valence-electron chi connectivity index (χ1n) is 6.42. The molecule has 2 amide bonds. The highest BCUT2D eigenvalue weighted by atomic mass is 35.5. The third kappa shape index (κ3) is 2.89. The number of nitrogens with zero attached hydrogens (tertiary/aromatic N) is 1. The highest BCUT2D eigenvalue weighted by molar-refractivity contribution is 6.30. The third-order valence-electron chi connectivity index (χ3n) is 3.31. The van der Waals surface area contributed by atoms with E-state index < -0.39 is 11.4 Å². The number of alkyl halides is 1. The molecule has 0 saturated carbocycles. The van der Waals surface area contributed by atoms with Crippen LogP contribution in [-0.4, -0.2) is 35.8 Å². The lowest BCUT2D eigenvalue weighted by Gasteiger charge is -2.35. The Morgan fingerprint density at radius 1 is 1.47 bits per heavy atom. The molecule has 0 spiro atoms. The lowest BCUT2D eigenvalue weighted by atomic mass is 10.1. The SMILES string of the molecule is CCC1C(=O)NCCN1C(=O)C(Cl)c1ccccc1. The van der Waals surface area contributed by atoms with Crippen molar-refractivity contribution >= 4 is 23.4 Å². The molecule has 0 bridgehead atoms. The summed E-state index contributed by atoms with van der Waals surface area (Å²) in [5.41, 5.74) is 0.759. The van der Waals surface area contributed by atoms with Crippen molar-refractivity contribution < 1.29 is 9.59 Å². The maximum atomic E-state index is 12.4. The molecule has 102 valence electrons. The molecule has 1 N–H and O–H groups in total. The minimum absolute atomic E-state index is 0.0981. The maximum absolute atomic E-state index is 12.4. The predicted molar refractivity (Wildman–Crippen MR) is 73.8 cm³/mol. The number of halogens is 1. The van der Waals surface area contributed by atoms with Crippen molar-refractivity contribution in [3.8, 4) is 0 Å². The van der Waals surface area contributed by atoms with Gasteiger partial charge in [0.15, 0.2) is 0 Å². The lowest BCUT2D eigenvalue weighted by Crippen LogP contribution is -2.57. The summed E-state index contributed by atoms with van der Waals surface area (Å²) in [6, 6.07) is 8.80. The average molecular weight is 281 g/mol. The summed E-state index contributed by atoms with van der Waals surface area (Å²) in [7, 11) is 0. The average Bonchev–Trinajstić information content (AvgIpc) is 2.46. The molecule has 0 aromatic heterocycles. The highest BCUT2D eigenvalue weighted by Crippen LogP contribution is 2.24. The number of rotatable bonds is 3. The molecule has 0 radical (unpaired) electrons. The van der Waals surface area contributed by atoms with E-state index in [1.165, 1.54) is 0 Å². The Hall–Kier alpha value is -1.55. The zero-order valence-corrected chi connectivity index (χ0v) is 11.6. The van der Waals surface area contributed by atoms with Crippen LogP contribution in [-0.2, 0) is 9.59 Å². The number of hydrogen-bond donors (Lipinski definition) is 1. The molecule has 1 aliphatic heterocycles. The molecule has 1 fully saturated rings. The minimum atomic E-state index is -0.735. The van der Waals surface area contributed by atoms with Gasteiger partial charge in [-0.05, 0) is 12.0 Å². The van der Waals surface area contributed by atoms with Gasteiger partial charge in [0.25, 0.3) is 0 Å². The van der Waals surface area contributed by atoms with Gasteiger partial charge in [-0.15, -0.1) is 11.6 Å². The topological polar surface area (TPSA) is 49.4 Å². The second kappa shape index (κ2) is 6.06. The van der Waals surface area contributed by atoms with Gasteiger partial charge in [0.05, 0.1) is 0 Å². The summed E-state index contributed by atoms with van der Waals surface area (Å²) < 4.78 is 0. The van der Waals surface area contributed by atoms with Crippen LogP contribution in [0.1, 0.15) is 24.3 Å². The summed E-state index contributed by atoms with van der Waals surface area (Å²) in [4.78, 5) is 25.8. The fourth-order valence-electron chi connectivity index (χ4n) is 2.29. The van der Waals surface area contributed by atoms with Crippen LogP contribution in [0.2, 0.25) is 0 Å². The van der Waals surface area contributed by atoms with Gasteiger partial charge in [0.1, 0.15) is 11.4 Å². The summed E-state index contributed by atoms with van der Waals surface area (Å²) in [6.07, 6.45) is 0.593. The van der Waals surface area contributed by atoms with Gasteiger partial charge in [0.2, 0.25) is 11.8 Å². The minimum Gasteiger partial charge on any atom is -0.353 e. The first kappa shape index (κ1) is 13.9. The number of piperazine rings is 1.